The van der Waals surface area contributed by atoms with Crippen LogP contribution in [-0.2, 0) is 0 Å². The first kappa shape index (κ1) is 24.0. The summed E-state index contributed by atoms with van der Waals surface area (Å²) in [5, 5.41) is 11.3. The molecule has 1 aliphatic rings. The number of rotatable bonds is 7. The minimum atomic E-state index is -1.17. The van der Waals surface area contributed by atoms with Gasteiger partial charge in [-0.15, -0.1) is 5.10 Å². The molecule has 186 valence electrons. The van der Waals surface area contributed by atoms with Crippen molar-refractivity contribution in [1.82, 2.24) is 30.1 Å². The fourth-order valence-electron chi connectivity index (χ4n) is 4.09. The lowest BCUT2D eigenvalue weighted by Gasteiger charge is -2.16. The molecule has 2 N–H and O–H groups in total. The summed E-state index contributed by atoms with van der Waals surface area (Å²) in [6, 6.07) is 8.47. The second-order valence-electron chi connectivity index (χ2n) is 8.31. The van der Waals surface area contributed by atoms with Crippen molar-refractivity contribution in [3.8, 4) is 34.0 Å². The van der Waals surface area contributed by atoms with Crippen LogP contribution < -0.4 is 10.5 Å². The first-order valence-electron chi connectivity index (χ1n) is 11.3. The zero-order chi connectivity index (χ0) is 25.2. The number of nitrogen functional groups attached to an aromatic ring is 1. The molecule has 0 radical (unpaired) electrons. The van der Waals surface area contributed by atoms with Gasteiger partial charge in [0.25, 0.3) is 0 Å². The Hall–Kier alpha value is -3.70. The highest BCUT2D eigenvalue weighted by Crippen LogP contribution is 2.32. The Bertz CT molecular complexity index is 1410. The van der Waals surface area contributed by atoms with E-state index in [0.717, 1.165) is 30.6 Å². The highest BCUT2D eigenvalue weighted by molar-refractivity contribution is 6.31. The van der Waals surface area contributed by atoms with E-state index in [1.165, 1.54) is 36.5 Å². The molecule has 0 unspecified atom stereocenters. The summed E-state index contributed by atoms with van der Waals surface area (Å²) in [5.41, 5.74) is 7.22. The van der Waals surface area contributed by atoms with E-state index in [4.69, 9.17) is 22.1 Å². The van der Waals surface area contributed by atoms with Gasteiger partial charge >= 0.3 is 0 Å². The predicted molar refractivity (Wildman–Crippen MR) is 128 cm³/mol. The van der Waals surface area contributed by atoms with Crippen LogP contribution >= 0.6 is 11.6 Å². The quantitative estimate of drug-likeness (QED) is 0.386. The second kappa shape index (κ2) is 10.1. The Morgan fingerprint density at radius 3 is 2.58 bits per heavy atom. The van der Waals surface area contributed by atoms with E-state index in [-0.39, 0.29) is 40.3 Å². The largest absolute Gasteiger partial charge is 0.489 e. The van der Waals surface area contributed by atoms with Gasteiger partial charge in [-0.3, -0.25) is 4.90 Å². The Kier molecular flexibility index (Phi) is 6.75. The van der Waals surface area contributed by atoms with Gasteiger partial charge in [0, 0.05) is 18.3 Å². The Morgan fingerprint density at radius 2 is 1.81 bits per heavy atom. The molecular formula is C24H21ClF3N7O. The van der Waals surface area contributed by atoms with Crippen molar-refractivity contribution in [3.63, 3.8) is 0 Å². The molecule has 0 aliphatic carbocycles. The fraction of sp³-hybridized carbons (Fsp3) is 0.250. The Labute approximate surface area is 209 Å². The summed E-state index contributed by atoms with van der Waals surface area (Å²) in [5.74, 6) is -2.97. The predicted octanol–water partition coefficient (Wildman–Crippen LogP) is 4.52. The van der Waals surface area contributed by atoms with Gasteiger partial charge in [0.2, 0.25) is 5.82 Å². The maximum atomic E-state index is 15.1. The van der Waals surface area contributed by atoms with Crippen molar-refractivity contribution in [2.24, 2.45) is 0 Å². The van der Waals surface area contributed by atoms with Crippen molar-refractivity contribution >= 4 is 17.4 Å². The summed E-state index contributed by atoms with van der Waals surface area (Å²) in [4.78, 5) is 6.37. The van der Waals surface area contributed by atoms with E-state index in [1.807, 2.05) is 0 Å². The van der Waals surface area contributed by atoms with Gasteiger partial charge in [-0.2, -0.15) is 9.07 Å². The number of aromatic nitrogens is 5. The molecule has 2 aromatic heterocycles. The number of ether oxygens (including phenoxy) is 1. The molecule has 5 rings (SSSR count). The molecule has 1 saturated heterocycles. The van der Waals surface area contributed by atoms with Crippen LogP contribution in [0.2, 0.25) is 5.02 Å². The molecule has 3 heterocycles. The maximum absolute atomic E-state index is 15.1. The average molecular weight is 516 g/mol. The molecular weight excluding hydrogens is 495 g/mol. The normalized spacial score (nSPS) is 13.9. The SMILES string of the molecule is Nc1ncc(-c2ccc(F)c(Cl)c2)cc1-c1nnnn1-c1ccc(OCCN2CCCC2)c(F)c1F. The molecule has 36 heavy (non-hydrogen) atoms. The lowest BCUT2D eigenvalue weighted by atomic mass is 10.0. The zero-order valence-electron chi connectivity index (χ0n) is 19.0. The van der Waals surface area contributed by atoms with Crippen LogP contribution in [-0.4, -0.2) is 56.3 Å². The number of nitrogens with zero attached hydrogens (tertiary/aromatic N) is 6. The van der Waals surface area contributed by atoms with Crippen LogP contribution in [0.15, 0.2) is 42.6 Å². The van der Waals surface area contributed by atoms with Crippen molar-refractivity contribution in [2.75, 3.05) is 32.0 Å². The van der Waals surface area contributed by atoms with Crippen LogP contribution in [0.25, 0.3) is 28.2 Å². The van der Waals surface area contributed by atoms with Crippen molar-refractivity contribution in [2.45, 2.75) is 12.8 Å². The smallest absolute Gasteiger partial charge is 0.202 e. The van der Waals surface area contributed by atoms with E-state index in [2.05, 4.69) is 25.4 Å². The lowest BCUT2D eigenvalue weighted by molar-refractivity contribution is 0.229. The van der Waals surface area contributed by atoms with Gasteiger partial charge in [-0.25, -0.2) is 13.8 Å². The minimum Gasteiger partial charge on any atom is -0.489 e. The van der Waals surface area contributed by atoms with Gasteiger partial charge in [0.1, 0.15) is 23.9 Å². The summed E-state index contributed by atoms with van der Waals surface area (Å²) in [6.45, 7) is 2.85. The van der Waals surface area contributed by atoms with Crippen LogP contribution in [0.5, 0.6) is 5.75 Å². The Morgan fingerprint density at radius 1 is 1.00 bits per heavy atom. The summed E-state index contributed by atoms with van der Waals surface area (Å²) >= 11 is 5.90. The maximum Gasteiger partial charge on any atom is 0.202 e. The highest BCUT2D eigenvalue weighted by Gasteiger charge is 2.22. The first-order chi connectivity index (χ1) is 17.4. The molecule has 1 aliphatic heterocycles. The fourth-order valence-corrected chi connectivity index (χ4v) is 4.27. The first-order valence-corrected chi connectivity index (χ1v) is 11.6. The molecule has 2 aromatic carbocycles. The highest BCUT2D eigenvalue weighted by atomic mass is 35.5. The Balaban J connectivity index is 1.44. The van der Waals surface area contributed by atoms with Gasteiger partial charge in [-0.1, -0.05) is 17.7 Å². The van der Waals surface area contributed by atoms with Crippen LogP contribution in [0.4, 0.5) is 19.0 Å². The molecule has 12 heteroatoms. The monoisotopic (exact) mass is 515 g/mol. The molecule has 4 aromatic rings. The lowest BCUT2D eigenvalue weighted by Crippen LogP contribution is -2.25. The number of anilines is 1. The van der Waals surface area contributed by atoms with E-state index in [9.17, 15) is 8.78 Å². The van der Waals surface area contributed by atoms with Crippen LogP contribution in [0, 0.1) is 17.5 Å². The summed E-state index contributed by atoms with van der Waals surface area (Å²) in [6.07, 6.45) is 3.74. The van der Waals surface area contributed by atoms with E-state index < -0.39 is 17.5 Å². The van der Waals surface area contributed by atoms with Gasteiger partial charge in [0.15, 0.2) is 17.4 Å². The van der Waals surface area contributed by atoms with Crippen LogP contribution in [0.3, 0.4) is 0 Å². The zero-order valence-corrected chi connectivity index (χ0v) is 19.7. The molecule has 0 atom stereocenters. The number of hydrogen-bond donors (Lipinski definition) is 1. The third-order valence-corrected chi connectivity index (χ3v) is 6.29. The van der Waals surface area contributed by atoms with Gasteiger partial charge in [-0.05, 0) is 72.3 Å². The van der Waals surface area contributed by atoms with Gasteiger partial charge < -0.3 is 10.5 Å². The molecule has 0 spiro atoms. The van der Waals surface area contributed by atoms with Crippen molar-refractivity contribution < 1.29 is 17.9 Å². The number of likely N-dealkylation sites (tertiary alicyclic amines) is 1. The standard InChI is InChI=1S/C24H21ClF3N7O/c25-17-12-14(3-4-18(17)26)15-11-16(23(29)30-13-15)24-31-32-33-35(24)19-5-6-20(22(28)21(19)27)36-10-9-34-7-1-2-8-34/h3-6,11-13H,1-2,7-10H2,(H2,29,30). The second-order valence-corrected chi connectivity index (χ2v) is 8.72. The minimum absolute atomic E-state index is 0.0380. The van der Waals surface area contributed by atoms with Crippen molar-refractivity contribution in [3.05, 3.63) is 65.1 Å². The topological polar surface area (TPSA) is 95.0 Å². The van der Waals surface area contributed by atoms with Crippen LogP contribution in [0.1, 0.15) is 12.8 Å². The molecule has 0 bridgehead atoms. The number of hydrogen-bond acceptors (Lipinski definition) is 7. The molecule has 0 saturated carbocycles. The van der Waals surface area contributed by atoms with Gasteiger partial charge in [0.05, 0.1) is 10.6 Å². The summed E-state index contributed by atoms with van der Waals surface area (Å²) < 4.78 is 50.0. The third kappa shape index (κ3) is 4.71. The van der Waals surface area contributed by atoms with E-state index >= 15 is 4.39 Å². The average Bonchev–Trinajstić information content (AvgIpc) is 3.56. The number of pyridine rings is 1. The number of tetrazole rings is 1. The number of benzene rings is 2. The van der Waals surface area contributed by atoms with Crippen molar-refractivity contribution in [1.29, 1.82) is 0 Å². The molecule has 8 nitrogen and oxygen atoms in total. The molecule has 0 amide bonds. The number of nitrogens with two attached hydrogens (primary N) is 1. The third-order valence-electron chi connectivity index (χ3n) is 6.00. The van der Waals surface area contributed by atoms with E-state index in [1.54, 1.807) is 6.07 Å². The van der Waals surface area contributed by atoms with E-state index in [0.29, 0.717) is 17.7 Å². The number of halogens is 4. The molecule has 1 fully saturated rings. The summed E-state index contributed by atoms with van der Waals surface area (Å²) in [7, 11) is 0.